The van der Waals surface area contributed by atoms with Gasteiger partial charge in [-0.25, -0.2) is 4.39 Å². The zero-order valence-corrected chi connectivity index (χ0v) is 11.1. The minimum Gasteiger partial charge on any atom is -0.395 e. The van der Waals surface area contributed by atoms with Gasteiger partial charge in [0.15, 0.2) is 0 Å². The highest BCUT2D eigenvalue weighted by Gasteiger charge is 2.53. The van der Waals surface area contributed by atoms with E-state index in [1.165, 1.54) is 0 Å². The number of fused-ring (bicyclic) bond motifs is 1. The monoisotopic (exact) mass is 245 g/mol. The van der Waals surface area contributed by atoms with Crippen molar-refractivity contribution in [3.05, 3.63) is 0 Å². The molecule has 0 aromatic carbocycles. The van der Waals surface area contributed by atoms with E-state index in [9.17, 15) is 9.50 Å². The van der Waals surface area contributed by atoms with E-state index in [2.05, 4.69) is 4.90 Å². The summed E-state index contributed by atoms with van der Waals surface area (Å²) in [4.78, 5) is 2.14. The van der Waals surface area contributed by atoms with Crippen molar-refractivity contribution in [2.45, 2.75) is 63.4 Å². The lowest BCUT2D eigenvalue weighted by atomic mass is 9.94. The van der Waals surface area contributed by atoms with Crippen LogP contribution in [-0.4, -0.2) is 53.1 Å². The zero-order chi connectivity index (χ0) is 12.7. The molecule has 100 valence electrons. The molecule has 0 spiro atoms. The number of ether oxygens (including phenoxy) is 1. The summed E-state index contributed by atoms with van der Waals surface area (Å²) in [5.41, 5.74) is -0.355. The Morgan fingerprint density at radius 1 is 1.47 bits per heavy atom. The van der Waals surface area contributed by atoms with Crippen molar-refractivity contribution in [2.75, 3.05) is 19.8 Å². The van der Waals surface area contributed by atoms with Crippen molar-refractivity contribution < 1.29 is 14.2 Å². The van der Waals surface area contributed by atoms with Crippen molar-refractivity contribution in [3.63, 3.8) is 0 Å². The maximum absolute atomic E-state index is 13.6. The predicted molar refractivity (Wildman–Crippen MR) is 64.8 cm³/mol. The molecule has 3 atom stereocenters. The molecule has 2 rings (SSSR count). The lowest BCUT2D eigenvalue weighted by Gasteiger charge is -2.36. The Morgan fingerprint density at radius 3 is 2.76 bits per heavy atom. The van der Waals surface area contributed by atoms with Gasteiger partial charge in [-0.1, -0.05) is 0 Å². The van der Waals surface area contributed by atoms with E-state index in [0.29, 0.717) is 19.6 Å². The Morgan fingerprint density at radius 2 is 2.18 bits per heavy atom. The van der Waals surface area contributed by atoms with Gasteiger partial charge in [0.2, 0.25) is 0 Å². The Bertz CT molecular complexity index is 279. The normalized spacial score (nSPS) is 38.6. The van der Waals surface area contributed by atoms with Crippen LogP contribution in [0.2, 0.25) is 0 Å². The highest BCUT2D eigenvalue weighted by atomic mass is 19.1. The molecular formula is C13H24FNO2. The molecule has 0 saturated carbocycles. The quantitative estimate of drug-likeness (QED) is 0.822. The first kappa shape index (κ1) is 13.2. The summed E-state index contributed by atoms with van der Waals surface area (Å²) < 4.78 is 19.5. The SMILES string of the molecule is CC(C)(C)OC[C@]12CC[C@H](CO)N1C[C@H](F)C2. The smallest absolute Gasteiger partial charge is 0.115 e. The molecule has 17 heavy (non-hydrogen) atoms. The number of aliphatic hydroxyl groups is 1. The number of nitrogens with zero attached hydrogens (tertiary/aromatic N) is 1. The van der Waals surface area contributed by atoms with Crippen LogP contribution in [0, 0.1) is 0 Å². The Balaban J connectivity index is 2.06. The fourth-order valence-electron chi connectivity index (χ4n) is 3.13. The summed E-state index contributed by atoms with van der Waals surface area (Å²) in [7, 11) is 0. The van der Waals surface area contributed by atoms with E-state index in [4.69, 9.17) is 4.74 Å². The number of aliphatic hydroxyl groups excluding tert-OH is 1. The largest absolute Gasteiger partial charge is 0.395 e. The second-order valence-corrected chi connectivity index (χ2v) is 6.45. The van der Waals surface area contributed by atoms with Crippen LogP contribution < -0.4 is 0 Å². The number of rotatable bonds is 3. The highest BCUT2D eigenvalue weighted by molar-refractivity contribution is 5.07. The molecule has 2 saturated heterocycles. The summed E-state index contributed by atoms with van der Waals surface area (Å²) in [6, 6.07) is 0.124. The zero-order valence-electron chi connectivity index (χ0n) is 11.1. The van der Waals surface area contributed by atoms with E-state index in [0.717, 1.165) is 12.8 Å². The fraction of sp³-hybridized carbons (Fsp3) is 1.00. The first-order chi connectivity index (χ1) is 7.86. The van der Waals surface area contributed by atoms with Gasteiger partial charge in [0.1, 0.15) is 6.17 Å². The molecule has 0 amide bonds. The van der Waals surface area contributed by atoms with Crippen LogP contribution in [0.4, 0.5) is 4.39 Å². The maximum atomic E-state index is 13.6. The number of halogens is 1. The van der Waals surface area contributed by atoms with Crippen LogP contribution in [0.3, 0.4) is 0 Å². The third-order valence-corrected chi connectivity index (χ3v) is 3.97. The van der Waals surface area contributed by atoms with Crippen LogP contribution in [0.1, 0.15) is 40.0 Å². The molecule has 0 aromatic rings. The molecule has 0 aliphatic carbocycles. The molecule has 0 radical (unpaired) electrons. The topological polar surface area (TPSA) is 32.7 Å². The van der Waals surface area contributed by atoms with Gasteiger partial charge in [-0.3, -0.25) is 4.90 Å². The van der Waals surface area contributed by atoms with Crippen molar-refractivity contribution in [1.29, 1.82) is 0 Å². The summed E-state index contributed by atoms with van der Waals surface area (Å²) in [6.45, 7) is 7.23. The Hall–Kier alpha value is -0.190. The average Bonchev–Trinajstić information content (AvgIpc) is 2.68. The predicted octanol–water partition coefficient (Wildman–Crippen LogP) is 1.74. The molecule has 0 bridgehead atoms. The molecule has 2 aliphatic rings. The minimum absolute atomic E-state index is 0.124. The first-order valence-electron chi connectivity index (χ1n) is 6.52. The van der Waals surface area contributed by atoms with E-state index >= 15 is 0 Å². The second kappa shape index (κ2) is 4.48. The van der Waals surface area contributed by atoms with Crippen LogP contribution in [0.15, 0.2) is 0 Å². The van der Waals surface area contributed by atoms with E-state index in [1.807, 2.05) is 20.8 Å². The van der Waals surface area contributed by atoms with Gasteiger partial charge in [0, 0.05) is 24.5 Å². The van der Waals surface area contributed by atoms with Gasteiger partial charge in [0.25, 0.3) is 0 Å². The van der Waals surface area contributed by atoms with Gasteiger partial charge in [-0.15, -0.1) is 0 Å². The molecule has 2 fully saturated rings. The van der Waals surface area contributed by atoms with Gasteiger partial charge in [-0.05, 0) is 33.6 Å². The molecule has 0 aromatic heterocycles. The summed E-state index contributed by atoms with van der Waals surface area (Å²) >= 11 is 0. The molecule has 4 heteroatoms. The van der Waals surface area contributed by atoms with Gasteiger partial charge in [-0.2, -0.15) is 0 Å². The van der Waals surface area contributed by atoms with Crippen LogP contribution >= 0.6 is 0 Å². The van der Waals surface area contributed by atoms with E-state index < -0.39 is 6.17 Å². The van der Waals surface area contributed by atoms with Gasteiger partial charge in [0.05, 0.1) is 18.8 Å². The van der Waals surface area contributed by atoms with Crippen molar-refractivity contribution in [1.82, 2.24) is 4.90 Å². The van der Waals surface area contributed by atoms with E-state index in [-0.39, 0.29) is 23.8 Å². The molecule has 2 aliphatic heterocycles. The number of alkyl halides is 1. The summed E-state index contributed by atoms with van der Waals surface area (Å²) in [5.74, 6) is 0. The Labute approximate surface area is 103 Å². The second-order valence-electron chi connectivity index (χ2n) is 6.45. The summed E-state index contributed by atoms with van der Waals surface area (Å²) in [5, 5.41) is 9.34. The first-order valence-corrected chi connectivity index (χ1v) is 6.52. The van der Waals surface area contributed by atoms with E-state index in [1.54, 1.807) is 0 Å². The molecular weight excluding hydrogens is 221 g/mol. The highest BCUT2D eigenvalue weighted by Crippen LogP contribution is 2.43. The third kappa shape index (κ3) is 2.64. The lowest BCUT2D eigenvalue weighted by Crippen LogP contribution is -2.48. The number of hydrogen-bond donors (Lipinski definition) is 1. The van der Waals surface area contributed by atoms with Crippen molar-refractivity contribution >= 4 is 0 Å². The molecule has 3 nitrogen and oxygen atoms in total. The fourth-order valence-corrected chi connectivity index (χ4v) is 3.13. The third-order valence-electron chi connectivity index (χ3n) is 3.97. The molecule has 0 unspecified atom stereocenters. The Kier molecular flexibility index (Phi) is 3.49. The van der Waals surface area contributed by atoms with Crippen molar-refractivity contribution in [2.24, 2.45) is 0 Å². The average molecular weight is 245 g/mol. The van der Waals surface area contributed by atoms with Gasteiger partial charge >= 0.3 is 0 Å². The number of hydrogen-bond acceptors (Lipinski definition) is 3. The molecule has 1 N–H and O–H groups in total. The van der Waals surface area contributed by atoms with Crippen LogP contribution in [0.25, 0.3) is 0 Å². The molecule has 2 heterocycles. The minimum atomic E-state index is -0.770. The van der Waals surface area contributed by atoms with Crippen LogP contribution in [-0.2, 0) is 4.74 Å². The summed E-state index contributed by atoms with van der Waals surface area (Å²) in [6.07, 6.45) is 1.68. The van der Waals surface area contributed by atoms with Crippen molar-refractivity contribution in [3.8, 4) is 0 Å². The standard InChI is InChI=1S/C13H24FNO2/c1-12(2,3)17-9-13-5-4-11(8-16)15(13)7-10(14)6-13/h10-11,16H,4-9H2,1-3H3/t10-,11-,13-/m1/s1. The van der Waals surface area contributed by atoms with Gasteiger partial charge < -0.3 is 9.84 Å². The maximum Gasteiger partial charge on any atom is 0.115 e. The van der Waals surface area contributed by atoms with Crippen LogP contribution in [0.5, 0.6) is 0 Å². The lowest BCUT2D eigenvalue weighted by molar-refractivity contribution is -0.0589.